The molecule has 2 nitrogen and oxygen atoms in total. The van der Waals surface area contributed by atoms with Crippen LogP contribution in [-0.4, -0.2) is 18.8 Å². The molecule has 0 amide bonds. The molecule has 0 unspecified atom stereocenters. The maximum Gasteiger partial charge on any atom is 0.413 e. The van der Waals surface area contributed by atoms with Crippen molar-refractivity contribution in [3.05, 3.63) is 0 Å². The minimum Gasteiger partial charge on any atom is -0.292 e. The lowest BCUT2D eigenvalue weighted by molar-refractivity contribution is -0.193. The number of alkyl halides is 3. The first kappa shape index (κ1) is 17.7. The molecular formula is C13H26F3NO. The first-order chi connectivity index (χ1) is 8.49. The Labute approximate surface area is 108 Å². The summed E-state index contributed by atoms with van der Waals surface area (Å²) >= 11 is 0. The standard InChI is InChI=1S/C13H26F3NO/c1-3-5-7-9-12(10-8-6-4-2)17-18-11-13(14,15)16/h12,17H,3-11H2,1-2H3. The number of hydrogen-bond donors (Lipinski definition) is 1. The molecule has 0 saturated carbocycles. The molecule has 18 heavy (non-hydrogen) atoms. The van der Waals surface area contributed by atoms with Crippen LogP contribution in [0.1, 0.15) is 65.2 Å². The van der Waals surface area contributed by atoms with E-state index in [1.165, 1.54) is 0 Å². The second-order valence-corrected chi connectivity index (χ2v) is 4.71. The number of hydrogen-bond acceptors (Lipinski definition) is 2. The van der Waals surface area contributed by atoms with E-state index < -0.39 is 12.8 Å². The van der Waals surface area contributed by atoms with Crippen molar-refractivity contribution in [3.63, 3.8) is 0 Å². The monoisotopic (exact) mass is 269 g/mol. The summed E-state index contributed by atoms with van der Waals surface area (Å²) in [5.41, 5.74) is 2.57. The first-order valence-corrected chi connectivity index (χ1v) is 6.93. The fourth-order valence-corrected chi connectivity index (χ4v) is 1.79. The third kappa shape index (κ3) is 12.2. The predicted octanol–water partition coefficient (Wildman–Crippen LogP) is 4.60. The molecular weight excluding hydrogens is 243 g/mol. The number of rotatable bonds is 11. The van der Waals surface area contributed by atoms with Gasteiger partial charge in [0.25, 0.3) is 0 Å². The van der Waals surface area contributed by atoms with Crippen molar-refractivity contribution in [2.45, 2.75) is 77.4 Å². The highest BCUT2D eigenvalue weighted by molar-refractivity contribution is 4.63. The molecule has 0 saturated heterocycles. The topological polar surface area (TPSA) is 21.3 Å². The zero-order valence-corrected chi connectivity index (χ0v) is 11.5. The Morgan fingerprint density at radius 2 is 1.44 bits per heavy atom. The predicted molar refractivity (Wildman–Crippen MR) is 67.2 cm³/mol. The van der Waals surface area contributed by atoms with Gasteiger partial charge in [-0.25, -0.2) is 0 Å². The lowest BCUT2D eigenvalue weighted by Gasteiger charge is -2.19. The van der Waals surface area contributed by atoms with Crippen LogP contribution in [-0.2, 0) is 4.84 Å². The van der Waals surface area contributed by atoms with Crippen LogP contribution in [0.2, 0.25) is 0 Å². The lowest BCUT2D eigenvalue weighted by atomic mass is 10.0. The van der Waals surface area contributed by atoms with Gasteiger partial charge in [0.05, 0.1) is 0 Å². The quantitative estimate of drug-likeness (QED) is 0.437. The maximum atomic E-state index is 12.0. The largest absolute Gasteiger partial charge is 0.413 e. The Bertz CT molecular complexity index is 176. The van der Waals surface area contributed by atoms with Crippen LogP contribution < -0.4 is 5.48 Å². The van der Waals surface area contributed by atoms with Gasteiger partial charge >= 0.3 is 6.18 Å². The van der Waals surface area contributed by atoms with Crippen LogP contribution in [0.5, 0.6) is 0 Å². The molecule has 0 heterocycles. The van der Waals surface area contributed by atoms with Gasteiger partial charge in [-0.15, -0.1) is 0 Å². The van der Waals surface area contributed by atoms with Gasteiger partial charge in [-0.05, 0) is 12.8 Å². The van der Waals surface area contributed by atoms with Crippen LogP contribution in [0.25, 0.3) is 0 Å². The molecule has 0 aliphatic heterocycles. The molecule has 0 aromatic carbocycles. The number of nitrogens with one attached hydrogen (secondary N) is 1. The number of halogens is 3. The second-order valence-electron chi connectivity index (χ2n) is 4.71. The minimum absolute atomic E-state index is 0.0467. The van der Waals surface area contributed by atoms with Crippen molar-refractivity contribution in [2.75, 3.05) is 6.61 Å². The molecule has 0 bridgehead atoms. The van der Waals surface area contributed by atoms with Crippen molar-refractivity contribution >= 4 is 0 Å². The average molecular weight is 269 g/mol. The minimum atomic E-state index is -4.26. The van der Waals surface area contributed by atoms with E-state index in [1.807, 2.05) is 0 Å². The van der Waals surface area contributed by atoms with E-state index in [4.69, 9.17) is 0 Å². The van der Waals surface area contributed by atoms with E-state index in [-0.39, 0.29) is 6.04 Å². The highest BCUT2D eigenvalue weighted by Crippen LogP contribution is 2.15. The van der Waals surface area contributed by atoms with E-state index in [0.29, 0.717) is 0 Å². The van der Waals surface area contributed by atoms with Gasteiger partial charge in [0.1, 0.15) is 0 Å². The van der Waals surface area contributed by atoms with Gasteiger partial charge in [-0.2, -0.15) is 18.7 Å². The van der Waals surface area contributed by atoms with Crippen LogP contribution in [0.3, 0.4) is 0 Å². The first-order valence-electron chi connectivity index (χ1n) is 6.93. The Hall–Kier alpha value is -0.290. The van der Waals surface area contributed by atoms with Gasteiger partial charge in [-0.3, -0.25) is 4.84 Å². The molecule has 0 atom stereocenters. The molecule has 5 heteroatoms. The summed E-state index contributed by atoms with van der Waals surface area (Å²) in [5.74, 6) is 0. The Morgan fingerprint density at radius 3 is 1.83 bits per heavy atom. The SMILES string of the molecule is CCCCCC(CCCCC)NOCC(F)(F)F. The molecule has 1 N–H and O–H groups in total. The molecule has 0 rings (SSSR count). The van der Waals surface area contributed by atoms with Crippen LogP contribution in [0.4, 0.5) is 13.2 Å². The summed E-state index contributed by atoms with van der Waals surface area (Å²) in [7, 11) is 0. The van der Waals surface area contributed by atoms with Gasteiger partial charge in [-0.1, -0.05) is 52.4 Å². The average Bonchev–Trinajstić information content (AvgIpc) is 2.27. The van der Waals surface area contributed by atoms with E-state index in [2.05, 4.69) is 24.2 Å². The zero-order chi connectivity index (χ0) is 13.9. The summed E-state index contributed by atoms with van der Waals surface area (Å²) in [4.78, 5) is 4.55. The molecule has 0 aromatic rings. The zero-order valence-electron chi connectivity index (χ0n) is 11.5. The number of unbranched alkanes of at least 4 members (excludes halogenated alkanes) is 4. The van der Waals surface area contributed by atoms with Gasteiger partial charge in [0.15, 0.2) is 6.61 Å². The van der Waals surface area contributed by atoms with Gasteiger partial charge in [0.2, 0.25) is 0 Å². The fourth-order valence-electron chi connectivity index (χ4n) is 1.79. The summed E-state index contributed by atoms with van der Waals surface area (Å²) in [6.07, 6.45) is 4.05. The van der Waals surface area contributed by atoms with E-state index in [9.17, 15) is 13.2 Å². The highest BCUT2D eigenvalue weighted by atomic mass is 19.4. The summed E-state index contributed by atoms with van der Waals surface area (Å²) in [5, 5.41) is 0. The lowest BCUT2D eigenvalue weighted by Crippen LogP contribution is -2.33. The second kappa shape index (κ2) is 10.6. The molecule has 0 radical (unpaired) electrons. The van der Waals surface area contributed by atoms with E-state index >= 15 is 0 Å². The molecule has 110 valence electrons. The summed E-state index contributed by atoms with van der Waals surface area (Å²) < 4.78 is 35.9. The smallest absolute Gasteiger partial charge is 0.292 e. The van der Waals surface area contributed by atoms with E-state index in [1.54, 1.807) is 0 Å². The van der Waals surface area contributed by atoms with Gasteiger partial charge < -0.3 is 0 Å². The van der Waals surface area contributed by atoms with Crippen molar-refractivity contribution in [1.29, 1.82) is 0 Å². The van der Waals surface area contributed by atoms with Crippen LogP contribution in [0.15, 0.2) is 0 Å². The van der Waals surface area contributed by atoms with Crippen LogP contribution >= 0.6 is 0 Å². The highest BCUT2D eigenvalue weighted by Gasteiger charge is 2.28. The molecule has 0 aliphatic rings. The van der Waals surface area contributed by atoms with Crippen molar-refractivity contribution in [1.82, 2.24) is 5.48 Å². The van der Waals surface area contributed by atoms with Gasteiger partial charge in [0, 0.05) is 6.04 Å². The Morgan fingerprint density at radius 1 is 0.944 bits per heavy atom. The molecule has 0 spiro atoms. The fraction of sp³-hybridized carbons (Fsp3) is 1.00. The Kier molecular flexibility index (Phi) is 10.4. The third-order valence-corrected chi connectivity index (χ3v) is 2.80. The molecule has 0 aromatic heterocycles. The maximum absolute atomic E-state index is 12.0. The Balaban J connectivity index is 3.80. The molecule has 0 aliphatic carbocycles. The normalized spacial score (nSPS) is 12.3. The van der Waals surface area contributed by atoms with Crippen molar-refractivity contribution in [3.8, 4) is 0 Å². The van der Waals surface area contributed by atoms with Crippen molar-refractivity contribution in [2.24, 2.45) is 0 Å². The summed E-state index contributed by atoms with van der Waals surface area (Å²) in [6, 6.07) is 0.0467. The van der Waals surface area contributed by atoms with Crippen LogP contribution in [0, 0.1) is 0 Å². The van der Waals surface area contributed by atoms with E-state index in [0.717, 1.165) is 51.4 Å². The molecule has 0 fully saturated rings. The summed E-state index contributed by atoms with van der Waals surface area (Å²) in [6.45, 7) is 3.00. The number of hydroxylamine groups is 1. The van der Waals surface area contributed by atoms with Crippen molar-refractivity contribution < 1.29 is 18.0 Å². The third-order valence-electron chi connectivity index (χ3n) is 2.80.